The molecular weight excluding hydrogens is 274 g/mol. The van der Waals surface area contributed by atoms with Crippen molar-refractivity contribution in [2.45, 2.75) is 32.0 Å². The molecule has 2 heterocycles. The lowest BCUT2D eigenvalue weighted by molar-refractivity contribution is -0.129. The number of benzene rings is 1. The fourth-order valence-corrected chi connectivity index (χ4v) is 2.75. The first kappa shape index (κ1) is 14.9. The summed E-state index contributed by atoms with van der Waals surface area (Å²) in [5, 5.41) is 4.59. The standard InChI is InChI=1S/C15H19N3O.ClH/c1-15(2)17-13(14(19)18(15)3)8-10-9-16-12-7-5-4-6-11(10)12;/h4-7,9,13,16-17H,8H2,1-3H3;1H. The Morgan fingerprint density at radius 2 is 2.00 bits per heavy atom. The number of halogens is 1. The van der Waals surface area contributed by atoms with Gasteiger partial charge in [0.2, 0.25) is 5.91 Å². The van der Waals surface area contributed by atoms with Crippen molar-refractivity contribution < 1.29 is 4.79 Å². The molecule has 2 N–H and O–H groups in total. The Bertz CT molecular complexity index is 635. The fraction of sp³-hybridized carbons (Fsp3) is 0.400. The number of H-pyrrole nitrogens is 1. The minimum absolute atomic E-state index is 0. The zero-order valence-corrected chi connectivity index (χ0v) is 12.8. The average molecular weight is 294 g/mol. The van der Waals surface area contributed by atoms with E-state index in [1.54, 1.807) is 4.90 Å². The highest BCUT2D eigenvalue weighted by atomic mass is 35.5. The van der Waals surface area contributed by atoms with Gasteiger partial charge in [-0.05, 0) is 31.9 Å². The summed E-state index contributed by atoms with van der Waals surface area (Å²) in [6, 6.07) is 8.05. The van der Waals surface area contributed by atoms with Crippen LogP contribution in [0, 0.1) is 0 Å². The maximum absolute atomic E-state index is 12.2. The van der Waals surface area contributed by atoms with E-state index in [1.807, 2.05) is 39.2 Å². The van der Waals surface area contributed by atoms with E-state index in [0.717, 1.165) is 11.9 Å². The maximum Gasteiger partial charge on any atom is 0.241 e. The van der Waals surface area contributed by atoms with Crippen LogP contribution in [0.1, 0.15) is 19.4 Å². The third-order valence-electron chi connectivity index (χ3n) is 4.09. The molecule has 0 aliphatic carbocycles. The van der Waals surface area contributed by atoms with Crippen LogP contribution in [-0.2, 0) is 11.2 Å². The molecule has 1 atom stereocenters. The third kappa shape index (κ3) is 2.30. The summed E-state index contributed by atoms with van der Waals surface area (Å²) >= 11 is 0. The first-order valence-electron chi connectivity index (χ1n) is 6.59. The van der Waals surface area contributed by atoms with Gasteiger partial charge in [0, 0.05) is 24.1 Å². The number of nitrogens with zero attached hydrogens (tertiary/aromatic N) is 1. The number of aromatic nitrogens is 1. The van der Waals surface area contributed by atoms with Crippen molar-refractivity contribution in [1.29, 1.82) is 0 Å². The second kappa shape index (κ2) is 5.11. The summed E-state index contributed by atoms with van der Waals surface area (Å²) in [6.45, 7) is 4.06. The summed E-state index contributed by atoms with van der Waals surface area (Å²) in [5.41, 5.74) is 2.04. The van der Waals surface area contributed by atoms with Gasteiger partial charge in [-0.15, -0.1) is 12.4 Å². The molecule has 0 bridgehead atoms. The van der Waals surface area contributed by atoms with Crippen molar-refractivity contribution >= 4 is 29.2 Å². The van der Waals surface area contributed by atoms with Crippen molar-refractivity contribution in [1.82, 2.24) is 15.2 Å². The van der Waals surface area contributed by atoms with E-state index < -0.39 is 0 Å². The number of amides is 1. The normalized spacial score (nSPS) is 21.2. The summed E-state index contributed by atoms with van der Waals surface area (Å²) in [6.07, 6.45) is 2.72. The molecule has 0 radical (unpaired) electrons. The largest absolute Gasteiger partial charge is 0.361 e. The molecule has 20 heavy (non-hydrogen) atoms. The van der Waals surface area contributed by atoms with E-state index in [-0.39, 0.29) is 30.0 Å². The molecule has 108 valence electrons. The number of nitrogens with one attached hydrogen (secondary N) is 2. The van der Waals surface area contributed by atoms with Crippen LogP contribution in [0.5, 0.6) is 0 Å². The van der Waals surface area contributed by atoms with E-state index in [4.69, 9.17) is 0 Å². The molecule has 1 saturated heterocycles. The first-order valence-corrected chi connectivity index (χ1v) is 6.59. The van der Waals surface area contributed by atoms with Gasteiger partial charge in [0.25, 0.3) is 0 Å². The van der Waals surface area contributed by atoms with E-state index >= 15 is 0 Å². The van der Waals surface area contributed by atoms with Gasteiger partial charge in [-0.25, -0.2) is 0 Å². The number of likely N-dealkylation sites (N-methyl/N-ethyl adjacent to an activating group) is 1. The molecule has 0 spiro atoms. The molecule has 0 saturated carbocycles. The van der Waals surface area contributed by atoms with E-state index in [9.17, 15) is 4.79 Å². The fourth-order valence-electron chi connectivity index (χ4n) is 2.75. The van der Waals surface area contributed by atoms with Gasteiger partial charge in [0.1, 0.15) is 0 Å². The Kier molecular flexibility index (Phi) is 3.80. The van der Waals surface area contributed by atoms with Gasteiger partial charge < -0.3 is 9.88 Å². The van der Waals surface area contributed by atoms with Crippen LogP contribution in [0.3, 0.4) is 0 Å². The lowest BCUT2D eigenvalue weighted by Gasteiger charge is -2.27. The Labute approximate surface area is 124 Å². The van der Waals surface area contributed by atoms with Gasteiger partial charge in [-0.2, -0.15) is 0 Å². The SMILES string of the molecule is CN1C(=O)C(Cc2c[nH]c3ccccc23)NC1(C)C.Cl. The highest BCUT2D eigenvalue weighted by Crippen LogP contribution is 2.24. The summed E-state index contributed by atoms with van der Waals surface area (Å²) in [5.74, 6) is 0.162. The van der Waals surface area contributed by atoms with Gasteiger partial charge in [-0.1, -0.05) is 18.2 Å². The molecule has 3 rings (SSSR count). The number of rotatable bonds is 2. The maximum atomic E-state index is 12.2. The molecule has 1 aliphatic heterocycles. The molecule has 1 aliphatic rings. The van der Waals surface area contributed by atoms with Gasteiger partial charge in [-0.3, -0.25) is 10.1 Å². The van der Waals surface area contributed by atoms with E-state index in [1.165, 1.54) is 10.9 Å². The second-order valence-corrected chi connectivity index (χ2v) is 5.72. The number of para-hydroxylation sites is 1. The summed E-state index contributed by atoms with van der Waals surface area (Å²) < 4.78 is 0. The zero-order valence-electron chi connectivity index (χ0n) is 11.9. The molecule has 1 fully saturated rings. The predicted octanol–water partition coefficient (Wildman–Crippen LogP) is 2.30. The van der Waals surface area contributed by atoms with Crippen LogP contribution in [-0.4, -0.2) is 34.5 Å². The highest BCUT2D eigenvalue weighted by molar-refractivity contribution is 5.87. The van der Waals surface area contributed by atoms with Crippen molar-refractivity contribution in [3.63, 3.8) is 0 Å². The van der Waals surface area contributed by atoms with Crippen LogP contribution >= 0.6 is 12.4 Å². The third-order valence-corrected chi connectivity index (χ3v) is 4.09. The summed E-state index contributed by atoms with van der Waals surface area (Å²) in [4.78, 5) is 17.3. The molecule has 4 nitrogen and oxygen atoms in total. The molecule has 1 unspecified atom stereocenters. The number of hydrogen-bond acceptors (Lipinski definition) is 2. The molecular formula is C15H20ClN3O. The molecule has 5 heteroatoms. The Morgan fingerprint density at radius 1 is 1.30 bits per heavy atom. The number of fused-ring (bicyclic) bond motifs is 1. The molecule has 1 amide bonds. The number of aromatic amines is 1. The zero-order chi connectivity index (χ0) is 13.6. The van der Waals surface area contributed by atoms with Gasteiger partial charge in [0.15, 0.2) is 0 Å². The van der Waals surface area contributed by atoms with Crippen molar-refractivity contribution in [3.8, 4) is 0 Å². The quantitative estimate of drug-likeness (QED) is 0.892. The minimum atomic E-state index is -0.270. The Balaban J connectivity index is 0.00000147. The van der Waals surface area contributed by atoms with Crippen molar-refractivity contribution in [2.75, 3.05) is 7.05 Å². The van der Waals surface area contributed by atoms with Gasteiger partial charge >= 0.3 is 0 Å². The lowest BCUT2D eigenvalue weighted by atomic mass is 10.1. The predicted molar refractivity (Wildman–Crippen MR) is 83.0 cm³/mol. The smallest absolute Gasteiger partial charge is 0.241 e. The Hall–Kier alpha value is -1.52. The lowest BCUT2D eigenvalue weighted by Crippen LogP contribution is -2.45. The number of carbonyl (C=O) groups excluding carboxylic acids is 1. The summed E-state index contributed by atoms with van der Waals surface area (Å²) in [7, 11) is 1.85. The number of carbonyl (C=O) groups is 1. The van der Waals surface area contributed by atoms with Crippen molar-refractivity contribution in [3.05, 3.63) is 36.0 Å². The average Bonchev–Trinajstić information content (AvgIpc) is 2.87. The van der Waals surface area contributed by atoms with Crippen LogP contribution < -0.4 is 5.32 Å². The molecule has 1 aromatic heterocycles. The first-order chi connectivity index (χ1) is 8.99. The van der Waals surface area contributed by atoms with Crippen molar-refractivity contribution in [2.24, 2.45) is 0 Å². The minimum Gasteiger partial charge on any atom is -0.361 e. The molecule has 2 aromatic rings. The van der Waals surface area contributed by atoms with E-state index in [0.29, 0.717) is 0 Å². The monoisotopic (exact) mass is 293 g/mol. The number of hydrogen-bond donors (Lipinski definition) is 2. The van der Waals surface area contributed by atoms with Crippen LogP contribution in [0.4, 0.5) is 0 Å². The van der Waals surface area contributed by atoms with Crippen LogP contribution in [0.25, 0.3) is 10.9 Å². The Morgan fingerprint density at radius 3 is 2.65 bits per heavy atom. The second-order valence-electron chi connectivity index (χ2n) is 5.72. The topological polar surface area (TPSA) is 48.1 Å². The van der Waals surface area contributed by atoms with Gasteiger partial charge in [0.05, 0.1) is 11.7 Å². The molecule has 1 aromatic carbocycles. The highest BCUT2D eigenvalue weighted by Gasteiger charge is 2.41. The van der Waals surface area contributed by atoms with Crippen LogP contribution in [0.15, 0.2) is 30.5 Å². The van der Waals surface area contributed by atoms with E-state index in [2.05, 4.69) is 22.4 Å². The van der Waals surface area contributed by atoms with Crippen LogP contribution in [0.2, 0.25) is 0 Å².